The Bertz CT molecular complexity index is 618. The maximum absolute atomic E-state index is 13.9. The lowest BCUT2D eigenvalue weighted by Crippen LogP contribution is -2.45. The number of nitrogens with one attached hydrogen (secondary N) is 2. The molecule has 1 aliphatic heterocycles. The smallest absolute Gasteiger partial charge is 0.127 e. The van der Waals surface area contributed by atoms with E-state index in [1.165, 1.54) is 5.56 Å². The van der Waals surface area contributed by atoms with Crippen molar-refractivity contribution < 1.29 is 4.39 Å². The van der Waals surface area contributed by atoms with E-state index in [1.807, 2.05) is 12.1 Å². The van der Waals surface area contributed by atoms with Crippen LogP contribution in [0.15, 0.2) is 48.5 Å². The van der Waals surface area contributed by atoms with Gasteiger partial charge in [-0.05, 0) is 65.7 Å². The first-order valence-electron chi connectivity index (χ1n) is 7.69. The van der Waals surface area contributed by atoms with Crippen molar-refractivity contribution in [1.82, 2.24) is 10.6 Å². The molecule has 0 amide bonds. The molecule has 0 saturated carbocycles. The van der Waals surface area contributed by atoms with Gasteiger partial charge in [0.1, 0.15) is 5.82 Å². The second-order valence-electron chi connectivity index (χ2n) is 5.71. The van der Waals surface area contributed by atoms with Gasteiger partial charge < -0.3 is 10.6 Å². The van der Waals surface area contributed by atoms with E-state index in [-0.39, 0.29) is 5.82 Å². The van der Waals surface area contributed by atoms with E-state index >= 15 is 0 Å². The van der Waals surface area contributed by atoms with Crippen molar-refractivity contribution in [3.63, 3.8) is 0 Å². The van der Waals surface area contributed by atoms with Crippen molar-refractivity contribution in [2.45, 2.75) is 31.5 Å². The number of hydrogen-bond acceptors (Lipinski definition) is 2. The van der Waals surface area contributed by atoms with Crippen LogP contribution >= 0.6 is 22.6 Å². The number of piperidine rings is 1. The fourth-order valence-corrected chi connectivity index (χ4v) is 3.59. The summed E-state index contributed by atoms with van der Waals surface area (Å²) < 4.78 is 15.0. The van der Waals surface area contributed by atoms with Crippen molar-refractivity contribution in [3.8, 4) is 0 Å². The second-order valence-corrected chi connectivity index (χ2v) is 6.95. The Kier molecular flexibility index (Phi) is 5.44. The summed E-state index contributed by atoms with van der Waals surface area (Å²) >= 11 is 2.22. The molecular formula is C18H20FIN2. The number of benzene rings is 2. The molecular weight excluding hydrogens is 390 g/mol. The lowest BCUT2D eigenvalue weighted by molar-refractivity contribution is 0.303. The summed E-state index contributed by atoms with van der Waals surface area (Å²) in [6, 6.07) is 16.4. The van der Waals surface area contributed by atoms with E-state index in [1.54, 1.807) is 12.1 Å². The average Bonchev–Trinajstić information content (AvgIpc) is 2.57. The normalized spacial score (nSPS) is 21.7. The first kappa shape index (κ1) is 15.9. The van der Waals surface area contributed by atoms with Crippen molar-refractivity contribution in [1.29, 1.82) is 0 Å². The predicted molar refractivity (Wildman–Crippen MR) is 96.2 cm³/mol. The molecule has 0 aromatic heterocycles. The van der Waals surface area contributed by atoms with Gasteiger partial charge in [-0.1, -0.05) is 30.3 Å². The lowest BCUT2D eigenvalue weighted by atomic mass is 9.92. The molecule has 2 N–H and O–H groups in total. The topological polar surface area (TPSA) is 24.1 Å². The fraction of sp³-hybridized carbons (Fsp3) is 0.333. The van der Waals surface area contributed by atoms with Crippen molar-refractivity contribution in [3.05, 3.63) is 69.0 Å². The molecule has 116 valence electrons. The van der Waals surface area contributed by atoms with E-state index in [0.29, 0.717) is 18.6 Å². The summed E-state index contributed by atoms with van der Waals surface area (Å²) in [5.41, 5.74) is 2.03. The minimum Gasteiger partial charge on any atom is -0.309 e. The van der Waals surface area contributed by atoms with Gasteiger partial charge in [0.2, 0.25) is 0 Å². The Balaban J connectivity index is 1.71. The van der Waals surface area contributed by atoms with Crippen LogP contribution in [0.2, 0.25) is 0 Å². The zero-order valence-corrected chi connectivity index (χ0v) is 14.5. The Morgan fingerprint density at radius 3 is 2.82 bits per heavy atom. The SMILES string of the molecule is Fc1ccc(I)cc1CNC1CCCNC1c1ccccc1. The summed E-state index contributed by atoms with van der Waals surface area (Å²) in [6.07, 6.45) is 2.26. The molecule has 0 bridgehead atoms. The summed E-state index contributed by atoms with van der Waals surface area (Å²) in [6.45, 7) is 1.60. The highest BCUT2D eigenvalue weighted by Crippen LogP contribution is 2.24. The summed E-state index contributed by atoms with van der Waals surface area (Å²) in [5.74, 6) is -0.132. The van der Waals surface area contributed by atoms with Crippen LogP contribution in [0.1, 0.15) is 30.0 Å². The van der Waals surface area contributed by atoms with Crippen LogP contribution in [-0.2, 0) is 6.54 Å². The highest BCUT2D eigenvalue weighted by atomic mass is 127. The third-order valence-electron chi connectivity index (χ3n) is 4.18. The highest BCUT2D eigenvalue weighted by Gasteiger charge is 2.25. The fourth-order valence-electron chi connectivity index (χ4n) is 3.04. The maximum atomic E-state index is 13.9. The molecule has 4 heteroatoms. The molecule has 0 spiro atoms. The largest absolute Gasteiger partial charge is 0.309 e. The molecule has 0 radical (unpaired) electrons. The summed E-state index contributed by atoms with van der Waals surface area (Å²) in [4.78, 5) is 0. The lowest BCUT2D eigenvalue weighted by Gasteiger charge is -2.34. The van der Waals surface area contributed by atoms with Gasteiger partial charge in [0.05, 0.1) is 0 Å². The molecule has 1 saturated heterocycles. The molecule has 1 aliphatic rings. The molecule has 1 fully saturated rings. The second kappa shape index (κ2) is 7.53. The van der Waals surface area contributed by atoms with Gasteiger partial charge in [-0.15, -0.1) is 0 Å². The van der Waals surface area contributed by atoms with Crippen LogP contribution in [0, 0.1) is 9.39 Å². The summed E-state index contributed by atoms with van der Waals surface area (Å²) in [5, 5.41) is 7.14. The summed E-state index contributed by atoms with van der Waals surface area (Å²) in [7, 11) is 0. The van der Waals surface area contributed by atoms with Crippen molar-refractivity contribution in [2.75, 3.05) is 6.54 Å². The van der Waals surface area contributed by atoms with Crippen LogP contribution in [0.4, 0.5) is 4.39 Å². The monoisotopic (exact) mass is 410 g/mol. The van der Waals surface area contributed by atoms with E-state index in [9.17, 15) is 4.39 Å². The van der Waals surface area contributed by atoms with Crippen LogP contribution in [0.5, 0.6) is 0 Å². The Labute approximate surface area is 144 Å². The molecule has 1 heterocycles. The van der Waals surface area contributed by atoms with Crippen LogP contribution in [-0.4, -0.2) is 12.6 Å². The standard InChI is InChI=1S/C18H20FIN2/c19-16-9-8-15(20)11-14(16)12-22-17-7-4-10-21-18(17)13-5-2-1-3-6-13/h1-3,5-6,8-9,11,17-18,21-22H,4,7,10,12H2. The average molecular weight is 410 g/mol. The van der Waals surface area contributed by atoms with Gasteiger partial charge in [-0.25, -0.2) is 4.39 Å². The van der Waals surface area contributed by atoms with Gasteiger partial charge in [0.25, 0.3) is 0 Å². The Morgan fingerprint density at radius 2 is 2.00 bits per heavy atom. The predicted octanol–water partition coefficient (Wildman–Crippen LogP) is 4.01. The third kappa shape index (κ3) is 3.86. The number of halogens is 2. The highest BCUT2D eigenvalue weighted by molar-refractivity contribution is 14.1. The van der Waals surface area contributed by atoms with E-state index in [2.05, 4.69) is 57.5 Å². The van der Waals surface area contributed by atoms with Gasteiger partial charge in [-0.3, -0.25) is 0 Å². The Morgan fingerprint density at radius 1 is 1.18 bits per heavy atom. The van der Waals surface area contributed by atoms with Crippen LogP contribution < -0.4 is 10.6 Å². The molecule has 2 nitrogen and oxygen atoms in total. The first-order valence-corrected chi connectivity index (χ1v) is 8.77. The van der Waals surface area contributed by atoms with Crippen molar-refractivity contribution in [2.24, 2.45) is 0 Å². The molecule has 0 aliphatic carbocycles. The van der Waals surface area contributed by atoms with Crippen molar-refractivity contribution >= 4 is 22.6 Å². The minimum atomic E-state index is -0.132. The zero-order valence-electron chi connectivity index (χ0n) is 12.4. The zero-order chi connectivity index (χ0) is 15.4. The van der Waals surface area contributed by atoms with Crippen LogP contribution in [0.3, 0.4) is 0 Å². The molecule has 2 aromatic rings. The molecule has 2 aromatic carbocycles. The number of rotatable bonds is 4. The Hall–Kier alpha value is -0.980. The first-order chi connectivity index (χ1) is 10.7. The van der Waals surface area contributed by atoms with Gasteiger partial charge >= 0.3 is 0 Å². The quantitative estimate of drug-likeness (QED) is 0.745. The van der Waals surface area contributed by atoms with Gasteiger partial charge in [0.15, 0.2) is 0 Å². The van der Waals surface area contributed by atoms with Crippen LogP contribution in [0.25, 0.3) is 0 Å². The number of hydrogen-bond donors (Lipinski definition) is 2. The molecule has 22 heavy (non-hydrogen) atoms. The van der Waals surface area contributed by atoms with E-state index in [4.69, 9.17) is 0 Å². The molecule has 2 unspecified atom stereocenters. The molecule has 2 atom stereocenters. The maximum Gasteiger partial charge on any atom is 0.127 e. The minimum absolute atomic E-state index is 0.132. The third-order valence-corrected chi connectivity index (χ3v) is 4.85. The molecule has 3 rings (SSSR count). The van der Waals surface area contributed by atoms with E-state index < -0.39 is 0 Å². The van der Waals surface area contributed by atoms with Gasteiger partial charge in [0, 0.05) is 27.8 Å². The van der Waals surface area contributed by atoms with E-state index in [0.717, 1.165) is 28.5 Å². The van der Waals surface area contributed by atoms with Gasteiger partial charge in [-0.2, -0.15) is 0 Å².